The molecule has 0 bridgehead atoms. The van der Waals surface area contributed by atoms with Crippen LogP contribution in [0.4, 0.5) is 4.79 Å². The van der Waals surface area contributed by atoms with Gasteiger partial charge in [0.1, 0.15) is 0 Å². The topological polar surface area (TPSA) is 49.4 Å². The number of piperidine rings is 1. The number of urea groups is 1. The molecule has 0 aliphatic carbocycles. The molecule has 1 heterocycles. The van der Waals surface area contributed by atoms with E-state index >= 15 is 0 Å². The summed E-state index contributed by atoms with van der Waals surface area (Å²) in [5.74, 6) is 0.702. The van der Waals surface area contributed by atoms with Gasteiger partial charge in [0.05, 0.1) is 6.04 Å². The SMILES string of the molecule is CC(=O)C(C)NC(=O)N1CCC(C)CC1. The monoisotopic (exact) mass is 212 g/mol. The molecule has 1 saturated heterocycles. The summed E-state index contributed by atoms with van der Waals surface area (Å²) in [6.45, 7) is 7.01. The molecular formula is C11H20N2O2. The first-order chi connectivity index (χ1) is 7.00. The Labute approximate surface area is 91.0 Å². The number of Topliss-reactive ketones (excluding diaryl/α,β-unsaturated/α-hetero) is 1. The maximum Gasteiger partial charge on any atom is 0.317 e. The molecule has 0 aromatic carbocycles. The summed E-state index contributed by atoms with van der Waals surface area (Å²) >= 11 is 0. The number of hydrogen-bond acceptors (Lipinski definition) is 2. The molecule has 1 aliphatic rings. The maximum atomic E-state index is 11.7. The van der Waals surface area contributed by atoms with Crippen molar-refractivity contribution in [2.45, 2.75) is 39.7 Å². The predicted molar refractivity (Wildman–Crippen MR) is 58.6 cm³/mol. The van der Waals surface area contributed by atoms with Gasteiger partial charge in [-0.3, -0.25) is 4.79 Å². The van der Waals surface area contributed by atoms with Crippen LogP contribution in [0.25, 0.3) is 0 Å². The van der Waals surface area contributed by atoms with Crippen molar-refractivity contribution in [1.82, 2.24) is 10.2 Å². The number of hydrogen-bond donors (Lipinski definition) is 1. The fraction of sp³-hybridized carbons (Fsp3) is 0.818. The van der Waals surface area contributed by atoms with E-state index in [2.05, 4.69) is 12.2 Å². The highest BCUT2D eigenvalue weighted by Crippen LogP contribution is 2.15. The van der Waals surface area contributed by atoms with Crippen molar-refractivity contribution in [2.24, 2.45) is 5.92 Å². The smallest absolute Gasteiger partial charge is 0.317 e. The van der Waals surface area contributed by atoms with E-state index < -0.39 is 0 Å². The number of likely N-dealkylation sites (tertiary alicyclic amines) is 1. The lowest BCUT2D eigenvalue weighted by Gasteiger charge is -2.31. The summed E-state index contributed by atoms with van der Waals surface area (Å²) in [7, 11) is 0. The average molecular weight is 212 g/mol. The Kier molecular flexibility index (Phi) is 4.12. The van der Waals surface area contributed by atoms with Crippen molar-refractivity contribution >= 4 is 11.8 Å². The van der Waals surface area contributed by atoms with Gasteiger partial charge in [-0.05, 0) is 32.6 Å². The second-order valence-corrected chi connectivity index (χ2v) is 4.45. The number of ketones is 1. The standard InChI is InChI=1S/C11H20N2O2/c1-8-4-6-13(7-5-8)11(15)12-9(2)10(3)14/h8-9H,4-7H2,1-3H3,(H,12,15). The van der Waals surface area contributed by atoms with Gasteiger partial charge in [-0.1, -0.05) is 6.92 Å². The minimum absolute atomic E-state index is 0.00581. The molecule has 0 saturated carbocycles. The number of nitrogens with one attached hydrogen (secondary N) is 1. The largest absolute Gasteiger partial charge is 0.328 e. The highest BCUT2D eigenvalue weighted by atomic mass is 16.2. The molecule has 0 aromatic heterocycles. The maximum absolute atomic E-state index is 11.7. The Bertz CT molecular complexity index is 245. The molecule has 1 atom stereocenters. The van der Waals surface area contributed by atoms with Crippen molar-refractivity contribution in [3.05, 3.63) is 0 Å². The molecule has 1 N–H and O–H groups in total. The lowest BCUT2D eigenvalue weighted by atomic mass is 10.00. The van der Waals surface area contributed by atoms with Gasteiger partial charge in [-0.25, -0.2) is 4.79 Å². The molecule has 1 rings (SSSR count). The van der Waals surface area contributed by atoms with Crippen LogP contribution in [-0.2, 0) is 4.79 Å². The highest BCUT2D eigenvalue weighted by Gasteiger charge is 2.21. The van der Waals surface area contributed by atoms with E-state index in [1.807, 2.05) is 0 Å². The molecule has 0 spiro atoms. The quantitative estimate of drug-likeness (QED) is 0.752. The minimum atomic E-state index is -0.378. The first-order valence-electron chi connectivity index (χ1n) is 5.56. The fourth-order valence-electron chi connectivity index (χ4n) is 1.59. The summed E-state index contributed by atoms with van der Waals surface area (Å²) in [6, 6.07) is -0.485. The molecule has 4 heteroatoms. The van der Waals surface area contributed by atoms with E-state index in [0.717, 1.165) is 25.9 Å². The molecule has 1 aliphatic heterocycles. The first-order valence-corrected chi connectivity index (χ1v) is 5.56. The van der Waals surface area contributed by atoms with Crippen LogP contribution in [0.5, 0.6) is 0 Å². The zero-order chi connectivity index (χ0) is 11.4. The molecular weight excluding hydrogens is 192 g/mol. The Morgan fingerprint density at radius 2 is 1.87 bits per heavy atom. The summed E-state index contributed by atoms with van der Waals surface area (Å²) < 4.78 is 0. The van der Waals surface area contributed by atoms with E-state index in [0.29, 0.717) is 5.92 Å². The van der Waals surface area contributed by atoms with Crippen molar-refractivity contribution < 1.29 is 9.59 Å². The molecule has 1 fully saturated rings. The number of carbonyl (C=O) groups is 2. The summed E-state index contributed by atoms with van der Waals surface area (Å²) in [5, 5.41) is 2.70. The second kappa shape index (κ2) is 5.14. The normalized spacial score (nSPS) is 19.8. The Morgan fingerprint density at radius 3 is 2.33 bits per heavy atom. The third-order valence-electron chi connectivity index (χ3n) is 3.02. The van der Waals surface area contributed by atoms with Gasteiger partial charge in [-0.15, -0.1) is 0 Å². The summed E-state index contributed by atoms with van der Waals surface area (Å²) in [6.07, 6.45) is 2.11. The van der Waals surface area contributed by atoms with E-state index in [9.17, 15) is 9.59 Å². The average Bonchev–Trinajstić information content (AvgIpc) is 2.18. The van der Waals surface area contributed by atoms with Gasteiger partial charge in [0.15, 0.2) is 5.78 Å². The van der Waals surface area contributed by atoms with E-state index in [1.54, 1.807) is 11.8 Å². The van der Waals surface area contributed by atoms with Crippen LogP contribution in [0.3, 0.4) is 0 Å². The minimum Gasteiger partial charge on any atom is -0.328 e. The Hall–Kier alpha value is -1.06. The second-order valence-electron chi connectivity index (χ2n) is 4.45. The number of amides is 2. The molecule has 1 unspecified atom stereocenters. The van der Waals surface area contributed by atoms with E-state index in [4.69, 9.17) is 0 Å². The zero-order valence-electron chi connectivity index (χ0n) is 9.75. The molecule has 0 aromatic rings. The van der Waals surface area contributed by atoms with Crippen LogP contribution >= 0.6 is 0 Å². The van der Waals surface area contributed by atoms with E-state index in [-0.39, 0.29) is 17.9 Å². The van der Waals surface area contributed by atoms with Crippen molar-refractivity contribution in [3.63, 3.8) is 0 Å². The number of carbonyl (C=O) groups excluding carboxylic acids is 2. The lowest BCUT2D eigenvalue weighted by molar-refractivity contribution is -0.118. The van der Waals surface area contributed by atoms with Gasteiger partial charge >= 0.3 is 6.03 Å². The van der Waals surface area contributed by atoms with Crippen molar-refractivity contribution in [2.75, 3.05) is 13.1 Å². The molecule has 0 radical (unpaired) electrons. The van der Waals surface area contributed by atoms with Gasteiger partial charge in [0, 0.05) is 13.1 Å². The third-order valence-corrected chi connectivity index (χ3v) is 3.02. The third kappa shape index (κ3) is 3.53. The molecule has 15 heavy (non-hydrogen) atoms. The van der Waals surface area contributed by atoms with Gasteiger partial charge in [0.2, 0.25) is 0 Å². The summed E-state index contributed by atoms with van der Waals surface area (Å²) in [5.41, 5.74) is 0. The zero-order valence-corrected chi connectivity index (χ0v) is 9.75. The van der Waals surface area contributed by atoms with E-state index in [1.165, 1.54) is 6.92 Å². The van der Waals surface area contributed by atoms with Crippen LogP contribution in [0.1, 0.15) is 33.6 Å². The molecule has 2 amide bonds. The van der Waals surface area contributed by atoms with Gasteiger partial charge < -0.3 is 10.2 Å². The van der Waals surface area contributed by atoms with Crippen LogP contribution < -0.4 is 5.32 Å². The first kappa shape index (κ1) is 12.0. The molecule has 86 valence electrons. The summed E-state index contributed by atoms with van der Waals surface area (Å²) in [4.78, 5) is 24.5. The van der Waals surface area contributed by atoms with Gasteiger partial charge in [-0.2, -0.15) is 0 Å². The Morgan fingerprint density at radius 1 is 1.33 bits per heavy atom. The van der Waals surface area contributed by atoms with Gasteiger partial charge in [0.25, 0.3) is 0 Å². The van der Waals surface area contributed by atoms with Crippen LogP contribution in [0.2, 0.25) is 0 Å². The fourth-order valence-corrected chi connectivity index (χ4v) is 1.59. The molecule has 4 nitrogen and oxygen atoms in total. The lowest BCUT2D eigenvalue weighted by Crippen LogP contribution is -2.48. The van der Waals surface area contributed by atoms with Crippen LogP contribution in [0, 0.1) is 5.92 Å². The number of nitrogens with zero attached hydrogens (tertiary/aromatic N) is 1. The highest BCUT2D eigenvalue weighted by molar-refractivity contribution is 5.86. The van der Waals surface area contributed by atoms with Crippen molar-refractivity contribution in [3.8, 4) is 0 Å². The van der Waals surface area contributed by atoms with Crippen LogP contribution in [0.15, 0.2) is 0 Å². The van der Waals surface area contributed by atoms with Crippen LogP contribution in [-0.4, -0.2) is 35.8 Å². The number of rotatable bonds is 2. The predicted octanol–water partition coefficient (Wildman–Crippen LogP) is 1.41. The Balaban J connectivity index is 2.37. The van der Waals surface area contributed by atoms with Crippen molar-refractivity contribution in [1.29, 1.82) is 0 Å².